The van der Waals surface area contributed by atoms with Crippen molar-refractivity contribution in [2.75, 3.05) is 6.54 Å². The summed E-state index contributed by atoms with van der Waals surface area (Å²) in [5, 5.41) is 4.52. The fraction of sp³-hybridized carbons (Fsp3) is 0.812. The van der Waals surface area contributed by atoms with Crippen LogP contribution in [-0.4, -0.2) is 16.3 Å². The van der Waals surface area contributed by atoms with E-state index in [1.807, 2.05) is 11.7 Å². The van der Waals surface area contributed by atoms with E-state index in [2.05, 4.69) is 41.8 Å². The van der Waals surface area contributed by atoms with E-state index in [-0.39, 0.29) is 0 Å². The third kappa shape index (κ3) is 3.28. The van der Waals surface area contributed by atoms with E-state index in [0.29, 0.717) is 11.8 Å². The summed E-state index contributed by atoms with van der Waals surface area (Å²) >= 11 is 3.70. The molecule has 0 radical (unpaired) electrons. The van der Waals surface area contributed by atoms with E-state index in [1.165, 1.54) is 29.4 Å². The zero-order valence-electron chi connectivity index (χ0n) is 13.2. The molecule has 0 saturated heterocycles. The predicted octanol–water partition coefficient (Wildman–Crippen LogP) is 3.68. The predicted molar refractivity (Wildman–Crippen MR) is 87.6 cm³/mol. The van der Waals surface area contributed by atoms with E-state index < -0.39 is 0 Å². The van der Waals surface area contributed by atoms with Gasteiger partial charge >= 0.3 is 0 Å². The number of hydrogen-bond acceptors (Lipinski definition) is 2. The molecule has 4 heteroatoms. The normalized spacial score (nSPS) is 27.2. The van der Waals surface area contributed by atoms with Gasteiger partial charge in [0.1, 0.15) is 0 Å². The van der Waals surface area contributed by atoms with E-state index in [0.717, 1.165) is 30.5 Å². The molecule has 1 aliphatic rings. The molecule has 20 heavy (non-hydrogen) atoms. The molecule has 0 spiro atoms. The van der Waals surface area contributed by atoms with Crippen molar-refractivity contribution in [1.82, 2.24) is 9.78 Å². The van der Waals surface area contributed by atoms with Crippen LogP contribution in [0.1, 0.15) is 44.5 Å². The molecule has 1 saturated carbocycles. The summed E-state index contributed by atoms with van der Waals surface area (Å²) in [7, 11) is 2.05. The molecule has 1 fully saturated rings. The zero-order chi connectivity index (χ0) is 14.9. The number of hydrogen-bond donors (Lipinski definition) is 1. The minimum Gasteiger partial charge on any atom is -0.330 e. The molecule has 1 aliphatic carbocycles. The molecule has 3 atom stereocenters. The Morgan fingerprint density at radius 1 is 1.35 bits per heavy atom. The van der Waals surface area contributed by atoms with Gasteiger partial charge in [0, 0.05) is 7.05 Å². The lowest BCUT2D eigenvalue weighted by molar-refractivity contribution is 0.149. The maximum Gasteiger partial charge on any atom is 0.0738 e. The smallest absolute Gasteiger partial charge is 0.0738 e. The zero-order valence-corrected chi connectivity index (χ0v) is 14.8. The number of nitrogens with two attached hydrogens (primary N) is 1. The lowest BCUT2D eigenvalue weighted by Crippen LogP contribution is -2.33. The van der Waals surface area contributed by atoms with Crippen LogP contribution in [0, 0.1) is 30.6 Å². The second-order valence-corrected chi connectivity index (χ2v) is 7.54. The van der Waals surface area contributed by atoms with Gasteiger partial charge in [0.2, 0.25) is 0 Å². The van der Waals surface area contributed by atoms with Crippen LogP contribution in [0.2, 0.25) is 0 Å². The van der Waals surface area contributed by atoms with E-state index in [4.69, 9.17) is 5.73 Å². The first-order valence-corrected chi connectivity index (χ1v) is 8.61. The van der Waals surface area contributed by atoms with Gasteiger partial charge in [0.15, 0.2) is 0 Å². The second kappa shape index (κ2) is 6.61. The largest absolute Gasteiger partial charge is 0.330 e. The molecule has 0 aliphatic heterocycles. The van der Waals surface area contributed by atoms with Crippen LogP contribution in [0.3, 0.4) is 0 Å². The molecule has 3 unspecified atom stereocenters. The molecule has 1 heterocycles. The Morgan fingerprint density at radius 2 is 2.05 bits per heavy atom. The highest BCUT2D eigenvalue weighted by Crippen LogP contribution is 2.39. The highest BCUT2D eigenvalue weighted by molar-refractivity contribution is 9.10. The average molecular weight is 342 g/mol. The van der Waals surface area contributed by atoms with Gasteiger partial charge in [0.05, 0.1) is 15.9 Å². The number of halogens is 1. The molecule has 0 aromatic carbocycles. The van der Waals surface area contributed by atoms with Crippen molar-refractivity contribution in [3.63, 3.8) is 0 Å². The molecule has 0 bridgehead atoms. The summed E-state index contributed by atoms with van der Waals surface area (Å²) in [5.74, 6) is 3.02. The van der Waals surface area contributed by atoms with Crippen molar-refractivity contribution in [3.05, 3.63) is 15.9 Å². The van der Waals surface area contributed by atoms with Gasteiger partial charge in [-0.25, -0.2) is 0 Å². The van der Waals surface area contributed by atoms with Crippen LogP contribution < -0.4 is 5.73 Å². The molecule has 3 nitrogen and oxygen atoms in total. The summed E-state index contributed by atoms with van der Waals surface area (Å²) in [5.41, 5.74) is 8.43. The van der Waals surface area contributed by atoms with Crippen molar-refractivity contribution in [1.29, 1.82) is 0 Å². The maximum atomic E-state index is 6.02. The third-order valence-electron chi connectivity index (χ3n) is 5.14. The quantitative estimate of drug-likeness (QED) is 0.907. The summed E-state index contributed by atoms with van der Waals surface area (Å²) < 4.78 is 3.22. The van der Waals surface area contributed by atoms with Crippen molar-refractivity contribution in [2.24, 2.45) is 36.5 Å². The Balaban J connectivity index is 2.15. The first-order chi connectivity index (χ1) is 9.43. The van der Waals surface area contributed by atoms with Gasteiger partial charge < -0.3 is 5.73 Å². The number of aryl methyl sites for hydroxylation is 2. The molecule has 2 N–H and O–H groups in total. The standard InChI is InChI=1S/C16H28BrN3/c1-10(2)12-5-6-13(9-18)14(7-12)8-15-16(17)11(3)19-20(15)4/h10,12-14H,5-9,18H2,1-4H3. The number of rotatable bonds is 4. The fourth-order valence-corrected chi connectivity index (χ4v) is 4.18. The average Bonchev–Trinajstić information content (AvgIpc) is 2.65. The van der Waals surface area contributed by atoms with E-state index in [9.17, 15) is 0 Å². The Bertz CT molecular complexity index is 453. The topological polar surface area (TPSA) is 43.8 Å². The van der Waals surface area contributed by atoms with Gasteiger partial charge in [-0.05, 0) is 78.8 Å². The first-order valence-electron chi connectivity index (χ1n) is 7.82. The molecular formula is C16H28BrN3. The Labute approximate surface area is 131 Å². The van der Waals surface area contributed by atoms with Crippen molar-refractivity contribution < 1.29 is 0 Å². The SMILES string of the molecule is Cc1nn(C)c(CC2CC(C(C)C)CCC2CN)c1Br. The summed E-state index contributed by atoms with van der Waals surface area (Å²) in [6.45, 7) is 7.60. The lowest BCUT2D eigenvalue weighted by atomic mass is 9.69. The van der Waals surface area contributed by atoms with Crippen molar-refractivity contribution in [2.45, 2.75) is 46.5 Å². The van der Waals surface area contributed by atoms with Crippen LogP contribution >= 0.6 is 15.9 Å². The molecule has 1 aromatic rings. The van der Waals surface area contributed by atoms with E-state index >= 15 is 0 Å². The van der Waals surface area contributed by atoms with E-state index in [1.54, 1.807) is 0 Å². The lowest BCUT2D eigenvalue weighted by Gasteiger charge is -2.37. The first kappa shape index (κ1) is 16.0. The van der Waals surface area contributed by atoms with Gasteiger partial charge in [-0.1, -0.05) is 13.8 Å². The van der Waals surface area contributed by atoms with Crippen LogP contribution in [0.5, 0.6) is 0 Å². The number of nitrogens with zero attached hydrogens (tertiary/aromatic N) is 2. The third-order valence-corrected chi connectivity index (χ3v) is 6.17. The van der Waals surface area contributed by atoms with Crippen LogP contribution in [0.25, 0.3) is 0 Å². The molecule has 1 aromatic heterocycles. The molecular weight excluding hydrogens is 314 g/mol. The monoisotopic (exact) mass is 341 g/mol. The van der Waals surface area contributed by atoms with Crippen LogP contribution in [0.15, 0.2) is 4.47 Å². The minimum absolute atomic E-state index is 0.673. The van der Waals surface area contributed by atoms with Gasteiger partial charge in [-0.2, -0.15) is 5.10 Å². The molecule has 0 amide bonds. The van der Waals surface area contributed by atoms with Crippen LogP contribution in [0.4, 0.5) is 0 Å². The summed E-state index contributed by atoms with van der Waals surface area (Å²) in [4.78, 5) is 0. The molecule has 114 valence electrons. The van der Waals surface area contributed by atoms with Gasteiger partial charge in [-0.3, -0.25) is 4.68 Å². The summed E-state index contributed by atoms with van der Waals surface area (Å²) in [6, 6.07) is 0. The van der Waals surface area contributed by atoms with Crippen LogP contribution in [-0.2, 0) is 13.5 Å². The Hall–Kier alpha value is -0.350. The molecule has 2 rings (SSSR count). The van der Waals surface area contributed by atoms with Crippen molar-refractivity contribution >= 4 is 15.9 Å². The second-order valence-electron chi connectivity index (χ2n) is 6.75. The van der Waals surface area contributed by atoms with Crippen molar-refractivity contribution in [3.8, 4) is 0 Å². The number of aromatic nitrogens is 2. The van der Waals surface area contributed by atoms with Gasteiger partial charge in [0.25, 0.3) is 0 Å². The summed E-state index contributed by atoms with van der Waals surface area (Å²) in [6.07, 6.45) is 5.05. The fourth-order valence-electron chi connectivity index (χ4n) is 3.68. The highest BCUT2D eigenvalue weighted by Gasteiger charge is 2.32. The Morgan fingerprint density at radius 3 is 2.55 bits per heavy atom. The Kier molecular flexibility index (Phi) is 5.30. The van der Waals surface area contributed by atoms with Gasteiger partial charge in [-0.15, -0.1) is 0 Å². The highest BCUT2D eigenvalue weighted by atomic mass is 79.9. The maximum absolute atomic E-state index is 6.02. The minimum atomic E-state index is 0.673.